The molecule has 0 fully saturated rings. The number of carbonyl (C=O) groups is 1. The number of carbonyl (C=O) groups excluding carboxylic acids is 1. The van der Waals surface area contributed by atoms with Crippen LogP contribution in [0.25, 0.3) is 0 Å². The van der Waals surface area contributed by atoms with E-state index < -0.39 is 0 Å². The van der Waals surface area contributed by atoms with Gasteiger partial charge in [-0.2, -0.15) is 0 Å². The van der Waals surface area contributed by atoms with E-state index in [1.165, 1.54) is 16.7 Å². The summed E-state index contributed by atoms with van der Waals surface area (Å²) in [6, 6.07) is 14.3. The lowest BCUT2D eigenvalue weighted by Gasteiger charge is -2.11. The van der Waals surface area contributed by atoms with E-state index in [1.54, 1.807) is 0 Å². The lowest BCUT2D eigenvalue weighted by molar-refractivity contribution is -0.115. The van der Waals surface area contributed by atoms with Crippen LogP contribution in [-0.2, 0) is 4.79 Å². The zero-order valence-corrected chi connectivity index (χ0v) is 14.4. The van der Waals surface area contributed by atoms with Crippen molar-refractivity contribution in [1.29, 1.82) is 0 Å². The fourth-order valence-electron chi connectivity index (χ4n) is 2.41. The molecule has 2 aromatic rings. The molecule has 0 saturated heterocycles. The summed E-state index contributed by atoms with van der Waals surface area (Å²) in [5, 5.41) is 6.28. The third-order valence-electron chi connectivity index (χ3n) is 3.92. The fraction of sp³-hybridized carbons (Fsp3) is 0.350. The molecule has 0 aliphatic heterocycles. The first-order valence-corrected chi connectivity index (χ1v) is 8.16. The summed E-state index contributed by atoms with van der Waals surface area (Å²) in [5.41, 5.74) is 5.64. The number of benzene rings is 2. The summed E-state index contributed by atoms with van der Waals surface area (Å²) in [6.45, 7) is 9.08. The number of hydrogen-bond acceptors (Lipinski definition) is 2. The van der Waals surface area contributed by atoms with Crippen LogP contribution in [0.3, 0.4) is 0 Å². The molecule has 2 aromatic carbocycles. The molecule has 0 heterocycles. The maximum atomic E-state index is 12.0. The van der Waals surface area contributed by atoms with Gasteiger partial charge in [-0.15, -0.1) is 0 Å². The molecule has 3 nitrogen and oxygen atoms in total. The third-order valence-corrected chi connectivity index (χ3v) is 3.92. The highest BCUT2D eigenvalue weighted by Gasteiger charge is 2.04. The molecule has 2 rings (SSSR count). The van der Waals surface area contributed by atoms with Crippen molar-refractivity contribution in [2.24, 2.45) is 0 Å². The zero-order chi connectivity index (χ0) is 16.8. The first-order chi connectivity index (χ1) is 11.0. The minimum absolute atomic E-state index is 0.0279. The Morgan fingerprint density at radius 1 is 1.04 bits per heavy atom. The Kier molecular flexibility index (Phi) is 5.80. The SMILES string of the molecule is Cc1ccc(C)c(NCCC(=O)Nc2ccc(C(C)C)cc2)c1. The van der Waals surface area contributed by atoms with E-state index in [0.717, 1.165) is 11.4 Å². The Labute approximate surface area is 139 Å². The van der Waals surface area contributed by atoms with E-state index in [1.807, 2.05) is 12.1 Å². The normalized spacial score (nSPS) is 10.7. The monoisotopic (exact) mass is 310 g/mol. The van der Waals surface area contributed by atoms with Crippen molar-refractivity contribution in [1.82, 2.24) is 0 Å². The van der Waals surface area contributed by atoms with E-state index in [-0.39, 0.29) is 5.91 Å². The smallest absolute Gasteiger partial charge is 0.226 e. The second-order valence-corrected chi connectivity index (χ2v) is 6.32. The molecule has 23 heavy (non-hydrogen) atoms. The predicted octanol–water partition coefficient (Wildman–Crippen LogP) is 4.87. The van der Waals surface area contributed by atoms with Crippen LogP contribution in [0.2, 0.25) is 0 Å². The second kappa shape index (κ2) is 7.82. The Hall–Kier alpha value is -2.29. The van der Waals surface area contributed by atoms with E-state index >= 15 is 0 Å². The third kappa shape index (κ3) is 5.13. The zero-order valence-electron chi connectivity index (χ0n) is 14.4. The number of nitrogens with one attached hydrogen (secondary N) is 2. The van der Waals surface area contributed by atoms with Gasteiger partial charge >= 0.3 is 0 Å². The summed E-state index contributed by atoms with van der Waals surface area (Å²) in [5.74, 6) is 0.529. The quantitative estimate of drug-likeness (QED) is 0.799. The topological polar surface area (TPSA) is 41.1 Å². The molecule has 0 aliphatic rings. The summed E-state index contributed by atoms with van der Waals surface area (Å²) >= 11 is 0. The van der Waals surface area contributed by atoms with E-state index in [0.29, 0.717) is 18.9 Å². The van der Waals surface area contributed by atoms with E-state index in [2.05, 4.69) is 68.7 Å². The van der Waals surface area contributed by atoms with Crippen molar-refractivity contribution < 1.29 is 4.79 Å². The molecule has 0 aliphatic carbocycles. The summed E-state index contributed by atoms with van der Waals surface area (Å²) in [6.07, 6.45) is 0.444. The van der Waals surface area contributed by atoms with Crippen LogP contribution >= 0.6 is 0 Å². The lowest BCUT2D eigenvalue weighted by Crippen LogP contribution is -2.16. The minimum Gasteiger partial charge on any atom is -0.384 e. The maximum Gasteiger partial charge on any atom is 0.226 e. The van der Waals surface area contributed by atoms with Gasteiger partial charge in [0.15, 0.2) is 0 Å². The molecule has 0 saturated carbocycles. The highest BCUT2D eigenvalue weighted by Crippen LogP contribution is 2.18. The number of anilines is 2. The average Bonchev–Trinajstić information content (AvgIpc) is 2.51. The first kappa shape index (κ1) is 17.1. The average molecular weight is 310 g/mol. The fourth-order valence-corrected chi connectivity index (χ4v) is 2.41. The standard InChI is InChI=1S/C20H26N2O/c1-14(2)17-7-9-18(10-8-17)22-20(23)11-12-21-19-13-15(3)5-6-16(19)4/h5-10,13-14,21H,11-12H2,1-4H3,(H,22,23). The predicted molar refractivity (Wildman–Crippen MR) is 98.2 cm³/mol. The van der Waals surface area contributed by atoms with Crippen LogP contribution in [0.5, 0.6) is 0 Å². The minimum atomic E-state index is 0.0279. The van der Waals surface area contributed by atoms with Crippen molar-refractivity contribution in [3.8, 4) is 0 Å². The van der Waals surface area contributed by atoms with Gasteiger partial charge in [0, 0.05) is 24.3 Å². The van der Waals surface area contributed by atoms with Gasteiger partial charge in [0.2, 0.25) is 5.91 Å². The lowest BCUT2D eigenvalue weighted by atomic mass is 10.0. The van der Waals surface area contributed by atoms with Gasteiger partial charge in [-0.1, -0.05) is 38.1 Å². The second-order valence-electron chi connectivity index (χ2n) is 6.32. The van der Waals surface area contributed by atoms with E-state index in [9.17, 15) is 4.79 Å². The van der Waals surface area contributed by atoms with Crippen LogP contribution in [0, 0.1) is 13.8 Å². The Morgan fingerprint density at radius 3 is 2.39 bits per heavy atom. The Bertz CT molecular complexity index is 660. The highest BCUT2D eigenvalue weighted by molar-refractivity contribution is 5.91. The number of aryl methyl sites for hydroxylation is 2. The van der Waals surface area contributed by atoms with Gasteiger partial charge in [-0.3, -0.25) is 4.79 Å². The van der Waals surface area contributed by atoms with Crippen molar-refractivity contribution in [2.75, 3.05) is 17.2 Å². The van der Waals surface area contributed by atoms with Gasteiger partial charge in [0.25, 0.3) is 0 Å². The summed E-state index contributed by atoms with van der Waals surface area (Å²) < 4.78 is 0. The van der Waals surface area contributed by atoms with E-state index in [4.69, 9.17) is 0 Å². The maximum absolute atomic E-state index is 12.0. The summed E-state index contributed by atoms with van der Waals surface area (Å²) in [4.78, 5) is 12.0. The van der Waals surface area contributed by atoms with Crippen LogP contribution < -0.4 is 10.6 Å². The summed E-state index contributed by atoms with van der Waals surface area (Å²) in [7, 11) is 0. The van der Waals surface area contributed by atoms with Crippen molar-refractivity contribution in [2.45, 2.75) is 40.0 Å². The number of rotatable bonds is 6. The van der Waals surface area contributed by atoms with Crippen LogP contribution in [0.15, 0.2) is 42.5 Å². The molecule has 0 atom stereocenters. The number of hydrogen-bond donors (Lipinski definition) is 2. The molecular weight excluding hydrogens is 284 g/mol. The van der Waals surface area contributed by atoms with Crippen LogP contribution in [0.4, 0.5) is 11.4 Å². The largest absolute Gasteiger partial charge is 0.384 e. The molecule has 0 unspecified atom stereocenters. The molecule has 0 bridgehead atoms. The van der Waals surface area contributed by atoms with Crippen molar-refractivity contribution >= 4 is 17.3 Å². The molecule has 0 aromatic heterocycles. The van der Waals surface area contributed by atoms with Crippen LogP contribution in [0.1, 0.15) is 42.9 Å². The molecule has 2 N–H and O–H groups in total. The highest BCUT2D eigenvalue weighted by atomic mass is 16.1. The Morgan fingerprint density at radius 2 is 1.74 bits per heavy atom. The van der Waals surface area contributed by atoms with Gasteiger partial charge in [-0.25, -0.2) is 0 Å². The first-order valence-electron chi connectivity index (χ1n) is 8.16. The van der Waals surface area contributed by atoms with Gasteiger partial charge in [0.1, 0.15) is 0 Å². The number of amides is 1. The van der Waals surface area contributed by atoms with Crippen molar-refractivity contribution in [3.05, 3.63) is 59.2 Å². The molecule has 122 valence electrons. The molecule has 0 spiro atoms. The molecule has 1 amide bonds. The van der Waals surface area contributed by atoms with Gasteiger partial charge in [0.05, 0.1) is 0 Å². The molecular formula is C20H26N2O. The molecule has 0 radical (unpaired) electrons. The van der Waals surface area contributed by atoms with Crippen LogP contribution in [-0.4, -0.2) is 12.5 Å². The molecule has 3 heteroatoms. The Balaban J connectivity index is 1.82. The van der Waals surface area contributed by atoms with Gasteiger partial charge in [-0.05, 0) is 54.7 Å². The van der Waals surface area contributed by atoms with Gasteiger partial charge < -0.3 is 10.6 Å². The van der Waals surface area contributed by atoms with Crippen molar-refractivity contribution in [3.63, 3.8) is 0 Å².